The van der Waals surface area contributed by atoms with Gasteiger partial charge in [0.25, 0.3) is 0 Å². The second-order valence-corrected chi connectivity index (χ2v) is 3.79. The van der Waals surface area contributed by atoms with Crippen molar-refractivity contribution in [2.75, 3.05) is 39.2 Å². The predicted octanol–water partition coefficient (Wildman–Crippen LogP) is 0.712. The van der Waals surface area contributed by atoms with E-state index in [0.29, 0.717) is 13.1 Å². The van der Waals surface area contributed by atoms with Crippen LogP contribution in [-0.2, 0) is 0 Å². The molecule has 1 aromatic rings. The molecule has 0 saturated carbocycles. The third kappa shape index (κ3) is 3.72. The van der Waals surface area contributed by atoms with Gasteiger partial charge in [-0.15, -0.1) is 0 Å². The smallest absolute Gasteiger partial charge is 0.119 e. The number of nitrogens with zero attached hydrogens (tertiary/aromatic N) is 1. The molecule has 0 fully saturated rings. The Labute approximate surface area is 96.8 Å². The Balaban J connectivity index is 2.55. The molecule has 0 aliphatic heterocycles. The van der Waals surface area contributed by atoms with Gasteiger partial charge in [0, 0.05) is 25.8 Å². The number of hydrogen-bond acceptors (Lipinski definition) is 4. The van der Waals surface area contributed by atoms with Crippen LogP contribution in [0.15, 0.2) is 24.3 Å². The molecule has 4 nitrogen and oxygen atoms in total. The van der Waals surface area contributed by atoms with Gasteiger partial charge in [-0.3, -0.25) is 0 Å². The van der Waals surface area contributed by atoms with Crippen molar-refractivity contribution in [1.82, 2.24) is 5.32 Å². The van der Waals surface area contributed by atoms with Crippen LogP contribution in [0.2, 0.25) is 0 Å². The Morgan fingerprint density at radius 3 is 2.50 bits per heavy atom. The fourth-order valence-electron chi connectivity index (χ4n) is 1.56. The molecule has 0 heterocycles. The van der Waals surface area contributed by atoms with Crippen molar-refractivity contribution in [3.05, 3.63) is 24.3 Å². The second kappa shape index (κ2) is 6.35. The van der Waals surface area contributed by atoms with E-state index in [1.54, 1.807) is 7.11 Å². The average molecular weight is 224 g/mol. The number of aliphatic hydroxyl groups excluding tert-OH is 1. The fraction of sp³-hybridized carbons (Fsp3) is 0.500. The first-order chi connectivity index (χ1) is 7.67. The summed E-state index contributed by atoms with van der Waals surface area (Å²) in [6.45, 7) is 1.20. The summed E-state index contributed by atoms with van der Waals surface area (Å²) in [5.74, 6) is 0.841. The highest BCUT2D eigenvalue weighted by molar-refractivity contribution is 5.48. The minimum absolute atomic E-state index is 0.364. The number of aliphatic hydroxyl groups is 1. The number of benzene rings is 1. The van der Waals surface area contributed by atoms with E-state index in [2.05, 4.69) is 5.32 Å². The van der Waals surface area contributed by atoms with Crippen LogP contribution in [0, 0.1) is 0 Å². The van der Waals surface area contributed by atoms with Gasteiger partial charge in [0.1, 0.15) is 5.75 Å². The standard InChI is InChI=1S/C12H20N2O2/c1-13-8-11(15)9-14(2)10-4-6-12(16-3)7-5-10/h4-7,11,13,15H,8-9H2,1-3H3. The van der Waals surface area contributed by atoms with E-state index in [9.17, 15) is 5.11 Å². The molecule has 1 atom stereocenters. The first kappa shape index (κ1) is 12.8. The first-order valence-corrected chi connectivity index (χ1v) is 5.35. The van der Waals surface area contributed by atoms with Gasteiger partial charge < -0.3 is 20.1 Å². The van der Waals surface area contributed by atoms with Gasteiger partial charge in [-0.05, 0) is 31.3 Å². The second-order valence-electron chi connectivity index (χ2n) is 3.79. The zero-order chi connectivity index (χ0) is 12.0. The van der Waals surface area contributed by atoms with E-state index >= 15 is 0 Å². The molecular weight excluding hydrogens is 204 g/mol. The van der Waals surface area contributed by atoms with Crippen LogP contribution in [0.4, 0.5) is 5.69 Å². The molecule has 1 aromatic carbocycles. The number of anilines is 1. The molecule has 0 aliphatic rings. The Bertz CT molecular complexity index is 300. The zero-order valence-electron chi connectivity index (χ0n) is 10.1. The number of likely N-dealkylation sites (N-methyl/N-ethyl adjacent to an activating group) is 2. The number of nitrogens with one attached hydrogen (secondary N) is 1. The molecule has 4 heteroatoms. The SMILES string of the molecule is CNCC(O)CN(C)c1ccc(OC)cc1. The molecule has 1 rings (SSSR count). The van der Waals surface area contributed by atoms with Crippen LogP contribution in [0.1, 0.15) is 0 Å². The maximum Gasteiger partial charge on any atom is 0.119 e. The average Bonchev–Trinajstić information content (AvgIpc) is 2.29. The van der Waals surface area contributed by atoms with E-state index < -0.39 is 0 Å². The van der Waals surface area contributed by atoms with Crippen LogP contribution >= 0.6 is 0 Å². The van der Waals surface area contributed by atoms with Crippen LogP contribution < -0.4 is 15.0 Å². The molecule has 2 N–H and O–H groups in total. The van der Waals surface area contributed by atoms with Crippen molar-refractivity contribution in [2.45, 2.75) is 6.10 Å². The molecule has 0 amide bonds. The van der Waals surface area contributed by atoms with Crippen molar-refractivity contribution < 1.29 is 9.84 Å². The van der Waals surface area contributed by atoms with Crippen LogP contribution in [0.3, 0.4) is 0 Å². The minimum atomic E-state index is -0.364. The van der Waals surface area contributed by atoms with Crippen LogP contribution in [0.5, 0.6) is 5.75 Å². The summed E-state index contributed by atoms with van der Waals surface area (Å²) in [6, 6.07) is 7.78. The number of hydrogen-bond donors (Lipinski definition) is 2. The van der Waals surface area contributed by atoms with E-state index in [1.165, 1.54) is 0 Å². The highest BCUT2D eigenvalue weighted by atomic mass is 16.5. The molecular formula is C12H20N2O2. The van der Waals surface area contributed by atoms with Gasteiger partial charge in [-0.2, -0.15) is 0 Å². The fourth-order valence-corrected chi connectivity index (χ4v) is 1.56. The highest BCUT2D eigenvalue weighted by Gasteiger charge is 2.07. The van der Waals surface area contributed by atoms with E-state index in [-0.39, 0.29) is 6.10 Å². The van der Waals surface area contributed by atoms with Crippen molar-refractivity contribution in [2.24, 2.45) is 0 Å². The lowest BCUT2D eigenvalue weighted by Gasteiger charge is -2.22. The van der Waals surface area contributed by atoms with Gasteiger partial charge in [0.05, 0.1) is 13.2 Å². The Kier molecular flexibility index (Phi) is 5.08. The van der Waals surface area contributed by atoms with Gasteiger partial charge in [-0.1, -0.05) is 0 Å². The summed E-state index contributed by atoms with van der Waals surface area (Å²) >= 11 is 0. The summed E-state index contributed by atoms with van der Waals surface area (Å²) < 4.78 is 5.09. The van der Waals surface area contributed by atoms with E-state index in [4.69, 9.17) is 4.74 Å². The Morgan fingerprint density at radius 2 is 2.00 bits per heavy atom. The number of methoxy groups -OCH3 is 1. The molecule has 1 unspecified atom stereocenters. The largest absolute Gasteiger partial charge is 0.497 e. The van der Waals surface area contributed by atoms with Crippen molar-refractivity contribution in [1.29, 1.82) is 0 Å². The zero-order valence-corrected chi connectivity index (χ0v) is 10.1. The molecule has 0 saturated heterocycles. The number of ether oxygens (including phenoxy) is 1. The number of rotatable bonds is 6. The quantitative estimate of drug-likeness (QED) is 0.747. The predicted molar refractivity (Wildman–Crippen MR) is 66.2 cm³/mol. The van der Waals surface area contributed by atoms with Gasteiger partial charge >= 0.3 is 0 Å². The lowest BCUT2D eigenvalue weighted by Crippen LogP contribution is -2.35. The summed E-state index contributed by atoms with van der Waals surface area (Å²) in [7, 11) is 5.44. The molecule has 16 heavy (non-hydrogen) atoms. The highest BCUT2D eigenvalue weighted by Crippen LogP contribution is 2.17. The van der Waals surface area contributed by atoms with Gasteiger partial charge in [0.2, 0.25) is 0 Å². The lowest BCUT2D eigenvalue weighted by atomic mass is 10.2. The summed E-state index contributed by atoms with van der Waals surface area (Å²) in [5, 5.41) is 12.6. The minimum Gasteiger partial charge on any atom is -0.497 e. The molecule has 0 aromatic heterocycles. The summed E-state index contributed by atoms with van der Waals surface area (Å²) in [6.07, 6.45) is -0.364. The normalized spacial score (nSPS) is 12.2. The maximum atomic E-state index is 9.65. The van der Waals surface area contributed by atoms with Gasteiger partial charge in [-0.25, -0.2) is 0 Å². The summed E-state index contributed by atoms with van der Waals surface area (Å²) in [5.41, 5.74) is 1.07. The molecule has 0 spiro atoms. The molecule has 90 valence electrons. The van der Waals surface area contributed by atoms with Crippen molar-refractivity contribution in [3.8, 4) is 5.75 Å². The molecule has 0 bridgehead atoms. The lowest BCUT2D eigenvalue weighted by molar-refractivity contribution is 0.181. The first-order valence-electron chi connectivity index (χ1n) is 5.35. The van der Waals surface area contributed by atoms with Crippen LogP contribution in [0.25, 0.3) is 0 Å². The Hall–Kier alpha value is -1.26. The summed E-state index contributed by atoms with van der Waals surface area (Å²) in [4.78, 5) is 2.02. The third-order valence-electron chi connectivity index (χ3n) is 2.44. The Morgan fingerprint density at radius 1 is 1.38 bits per heavy atom. The third-order valence-corrected chi connectivity index (χ3v) is 2.44. The van der Waals surface area contributed by atoms with Crippen molar-refractivity contribution >= 4 is 5.69 Å². The van der Waals surface area contributed by atoms with Crippen molar-refractivity contribution in [3.63, 3.8) is 0 Å². The maximum absolute atomic E-state index is 9.65. The monoisotopic (exact) mass is 224 g/mol. The topological polar surface area (TPSA) is 44.7 Å². The van der Waals surface area contributed by atoms with E-state index in [1.807, 2.05) is 43.3 Å². The van der Waals surface area contributed by atoms with Crippen LogP contribution in [-0.4, -0.2) is 45.5 Å². The molecule has 0 aliphatic carbocycles. The van der Waals surface area contributed by atoms with E-state index in [0.717, 1.165) is 11.4 Å². The van der Waals surface area contributed by atoms with Gasteiger partial charge in [0.15, 0.2) is 0 Å². The molecule has 0 radical (unpaired) electrons.